The maximum atomic E-state index is 12.7. The number of nitrogens with zero attached hydrogens (tertiary/aromatic N) is 3. The molecule has 2 aromatic heterocycles. The van der Waals surface area contributed by atoms with Crippen molar-refractivity contribution >= 4 is 29.0 Å². The van der Waals surface area contributed by atoms with Crippen molar-refractivity contribution in [2.75, 3.05) is 5.75 Å². The standard InChI is InChI=1S/C23H34N4OS2/c1-16-8-6-12-20(17(16)2)24-22(28)15-30-23-26-25-21(14-19-11-7-13-29-19)27(23)18-9-4-3-5-10-18/h7,11,13,16-18,20H,3-6,8-10,12,14-15H2,1-2H3,(H,24,28). The average Bonchev–Trinajstić information content (AvgIpc) is 3.41. The second-order valence-electron chi connectivity index (χ2n) is 9.05. The Labute approximate surface area is 188 Å². The first-order valence-electron chi connectivity index (χ1n) is 11.5. The van der Waals surface area contributed by atoms with Crippen LogP contribution in [0, 0.1) is 11.8 Å². The van der Waals surface area contributed by atoms with E-state index >= 15 is 0 Å². The number of aromatic nitrogens is 3. The number of thiophene rings is 1. The Morgan fingerprint density at radius 2 is 2.00 bits per heavy atom. The Hall–Kier alpha value is -1.34. The van der Waals surface area contributed by atoms with Crippen LogP contribution >= 0.6 is 23.1 Å². The molecule has 3 atom stereocenters. The van der Waals surface area contributed by atoms with Crippen molar-refractivity contribution in [3.05, 3.63) is 28.2 Å². The molecule has 0 bridgehead atoms. The lowest BCUT2D eigenvalue weighted by molar-refractivity contribution is -0.120. The van der Waals surface area contributed by atoms with Gasteiger partial charge in [0.05, 0.1) is 5.75 Å². The summed E-state index contributed by atoms with van der Waals surface area (Å²) in [5.41, 5.74) is 0. The predicted octanol–water partition coefficient (Wildman–Crippen LogP) is 5.47. The molecule has 0 saturated heterocycles. The maximum absolute atomic E-state index is 12.7. The van der Waals surface area contributed by atoms with Crippen LogP contribution in [0.2, 0.25) is 0 Å². The van der Waals surface area contributed by atoms with Gasteiger partial charge in [-0.2, -0.15) is 0 Å². The Bertz CT molecular complexity index is 813. The molecule has 0 aliphatic heterocycles. The van der Waals surface area contributed by atoms with Crippen molar-refractivity contribution in [2.45, 2.75) is 88.9 Å². The summed E-state index contributed by atoms with van der Waals surface area (Å²) in [7, 11) is 0. The van der Waals surface area contributed by atoms with Crippen LogP contribution in [0.1, 0.15) is 82.0 Å². The molecule has 0 aromatic carbocycles. The van der Waals surface area contributed by atoms with E-state index in [1.807, 2.05) is 0 Å². The van der Waals surface area contributed by atoms with E-state index in [1.54, 1.807) is 23.1 Å². The van der Waals surface area contributed by atoms with Crippen LogP contribution < -0.4 is 5.32 Å². The van der Waals surface area contributed by atoms with Crippen LogP contribution in [-0.4, -0.2) is 32.5 Å². The van der Waals surface area contributed by atoms with Crippen molar-refractivity contribution in [1.82, 2.24) is 20.1 Å². The zero-order chi connectivity index (χ0) is 20.9. The summed E-state index contributed by atoms with van der Waals surface area (Å²) in [6, 6.07) is 5.03. The molecule has 0 radical (unpaired) electrons. The quantitative estimate of drug-likeness (QED) is 0.573. The van der Waals surface area contributed by atoms with E-state index in [-0.39, 0.29) is 5.91 Å². The van der Waals surface area contributed by atoms with Gasteiger partial charge in [0.25, 0.3) is 0 Å². The molecule has 2 aromatic rings. The van der Waals surface area contributed by atoms with Gasteiger partial charge in [0.15, 0.2) is 5.16 Å². The molecule has 164 valence electrons. The molecule has 4 rings (SSSR count). The molecule has 7 heteroatoms. The van der Waals surface area contributed by atoms with Crippen LogP contribution in [0.25, 0.3) is 0 Å². The largest absolute Gasteiger partial charge is 0.352 e. The van der Waals surface area contributed by atoms with Gasteiger partial charge in [-0.3, -0.25) is 4.79 Å². The zero-order valence-corrected chi connectivity index (χ0v) is 19.8. The second-order valence-corrected chi connectivity index (χ2v) is 11.0. The van der Waals surface area contributed by atoms with Crippen molar-refractivity contribution in [3.63, 3.8) is 0 Å². The second kappa shape index (κ2) is 10.3. The fourth-order valence-corrected chi connectivity index (χ4v) is 6.50. The Morgan fingerprint density at radius 3 is 2.77 bits per heavy atom. The lowest BCUT2D eigenvalue weighted by Crippen LogP contribution is -2.44. The number of carbonyl (C=O) groups excluding carboxylic acids is 1. The molecule has 2 aliphatic rings. The van der Waals surface area contributed by atoms with Gasteiger partial charge in [-0.15, -0.1) is 21.5 Å². The fourth-order valence-electron chi connectivity index (χ4n) is 4.97. The zero-order valence-electron chi connectivity index (χ0n) is 18.2. The number of thioether (sulfide) groups is 1. The topological polar surface area (TPSA) is 59.8 Å². The smallest absolute Gasteiger partial charge is 0.230 e. The highest BCUT2D eigenvalue weighted by Crippen LogP contribution is 2.34. The molecule has 1 N–H and O–H groups in total. The minimum absolute atomic E-state index is 0.129. The number of hydrogen-bond acceptors (Lipinski definition) is 5. The highest BCUT2D eigenvalue weighted by atomic mass is 32.2. The van der Waals surface area contributed by atoms with E-state index in [9.17, 15) is 4.79 Å². The van der Waals surface area contributed by atoms with Crippen LogP contribution in [-0.2, 0) is 11.2 Å². The molecule has 0 spiro atoms. The fraction of sp³-hybridized carbons (Fsp3) is 0.696. The predicted molar refractivity (Wildman–Crippen MR) is 124 cm³/mol. The summed E-state index contributed by atoms with van der Waals surface area (Å²) in [5.74, 6) is 2.83. The van der Waals surface area contributed by atoms with E-state index in [0.717, 1.165) is 23.8 Å². The Morgan fingerprint density at radius 1 is 1.17 bits per heavy atom. The van der Waals surface area contributed by atoms with E-state index in [0.29, 0.717) is 29.7 Å². The minimum Gasteiger partial charge on any atom is -0.352 e. The first-order chi connectivity index (χ1) is 14.6. The van der Waals surface area contributed by atoms with Crippen molar-refractivity contribution in [3.8, 4) is 0 Å². The van der Waals surface area contributed by atoms with Gasteiger partial charge >= 0.3 is 0 Å². The number of rotatable bonds is 7. The molecule has 3 unspecified atom stereocenters. The average molecular weight is 447 g/mol. The summed E-state index contributed by atoms with van der Waals surface area (Å²) < 4.78 is 2.35. The van der Waals surface area contributed by atoms with Crippen LogP contribution in [0.3, 0.4) is 0 Å². The van der Waals surface area contributed by atoms with Gasteiger partial charge in [0.1, 0.15) is 5.82 Å². The van der Waals surface area contributed by atoms with Crippen LogP contribution in [0.4, 0.5) is 0 Å². The van der Waals surface area contributed by atoms with Gasteiger partial charge in [-0.1, -0.05) is 63.8 Å². The van der Waals surface area contributed by atoms with Crippen LogP contribution in [0.15, 0.2) is 22.7 Å². The minimum atomic E-state index is 0.129. The first-order valence-corrected chi connectivity index (χ1v) is 13.4. The Kier molecular flexibility index (Phi) is 7.52. The summed E-state index contributed by atoms with van der Waals surface area (Å²) in [6.07, 6.45) is 10.6. The third-order valence-corrected chi connectivity index (χ3v) is 8.79. The third kappa shape index (κ3) is 5.28. The summed E-state index contributed by atoms with van der Waals surface area (Å²) in [4.78, 5) is 14.0. The molecule has 1 amide bonds. The van der Waals surface area contributed by atoms with Gasteiger partial charge < -0.3 is 9.88 Å². The summed E-state index contributed by atoms with van der Waals surface area (Å²) >= 11 is 3.32. The highest BCUT2D eigenvalue weighted by molar-refractivity contribution is 7.99. The first kappa shape index (κ1) is 21.9. The monoisotopic (exact) mass is 446 g/mol. The molecule has 2 aliphatic carbocycles. The number of nitrogens with one attached hydrogen (secondary N) is 1. The normalized spacial score (nSPS) is 25.3. The highest BCUT2D eigenvalue weighted by Gasteiger charge is 2.29. The lowest BCUT2D eigenvalue weighted by Gasteiger charge is -2.34. The number of amides is 1. The number of hydrogen-bond donors (Lipinski definition) is 1. The van der Waals surface area contributed by atoms with Gasteiger partial charge in [0, 0.05) is 23.4 Å². The van der Waals surface area contributed by atoms with Crippen molar-refractivity contribution < 1.29 is 4.79 Å². The molecule has 2 heterocycles. The van der Waals surface area contributed by atoms with Crippen molar-refractivity contribution in [1.29, 1.82) is 0 Å². The van der Waals surface area contributed by atoms with Crippen LogP contribution in [0.5, 0.6) is 0 Å². The SMILES string of the molecule is CC1CCCC(NC(=O)CSc2nnc(Cc3cccs3)n2C2CCCCC2)C1C. The van der Waals surface area contributed by atoms with Gasteiger partial charge in [0.2, 0.25) is 5.91 Å². The molecular formula is C23H34N4OS2. The molecule has 5 nitrogen and oxygen atoms in total. The van der Waals surface area contributed by atoms with Crippen molar-refractivity contribution in [2.24, 2.45) is 11.8 Å². The molecule has 30 heavy (non-hydrogen) atoms. The molecule has 2 saturated carbocycles. The lowest BCUT2D eigenvalue weighted by atomic mass is 9.78. The summed E-state index contributed by atoms with van der Waals surface area (Å²) in [5, 5.41) is 15.4. The molecule has 2 fully saturated rings. The van der Waals surface area contributed by atoms with E-state index in [2.05, 4.69) is 51.4 Å². The third-order valence-electron chi connectivity index (χ3n) is 6.97. The molecular weight excluding hydrogens is 412 g/mol. The maximum Gasteiger partial charge on any atom is 0.230 e. The van der Waals surface area contributed by atoms with Gasteiger partial charge in [-0.05, 0) is 42.5 Å². The van der Waals surface area contributed by atoms with E-state index in [4.69, 9.17) is 0 Å². The van der Waals surface area contributed by atoms with E-state index in [1.165, 1.54) is 49.8 Å². The Balaban J connectivity index is 1.42. The number of carbonyl (C=O) groups is 1. The summed E-state index contributed by atoms with van der Waals surface area (Å²) in [6.45, 7) is 4.58. The van der Waals surface area contributed by atoms with Gasteiger partial charge in [-0.25, -0.2) is 0 Å². The van der Waals surface area contributed by atoms with E-state index < -0.39 is 0 Å².